The van der Waals surface area contributed by atoms with Gasteiger partial charge in [0.05, 0.1) is 11.1 Å². The number of hydrogen-bond donors (Lipinski definition) is 1. The fourth-order valence-electron chi connectivity index (χ4n) is 1.56. The zero-order valence-corrected chi connectivity index (χ0v) is 7.49. The van der Waals surface area contributed by atoms with E-state index in [2.05, 4.69) is 0 Å². The summed E-state index contributed by atoms with van der Waals surface area (Å²) < 4.78 is 14.4. The molecule has 0 aliphatic heterocycles. The maximum absolute atomic E-state index is 13.1. The van der Waals surface area contributed by atoms with E-state index < -0.39 is 11.9 Å². The van der Waals surface area contributed by atoms with Crippen molar-refractivity contribution in [1.29, 1.82) is 0 Å². The minimum absolute atomic E-state index is 0.119. The summed E-state index contributed by atoms with van der Waals surface area (Å²) in [6.07, 6.45) is 0. The lowest BCUT2D eigenvalue weighted by atomic mass is 10.1. The average Bonchev–Trinajstić information content (AvgIpc) is 2.43. The van der Waals surface area contributed by atoms with Gasteiger partial charge in [-0.3, -0.25) is 0 Å². The molecule has 0 atom stereocenters. The number of rotatable bonds is 1. The molecule has 14 heavy (non-hydrogen) atoms. The van der Waals surface area contributed by atoms with Crippen LogP contribution in [0, 0.1) is 5.95 Å². The Morgan fingerprint density at radius 3 is 2.86 bits per heavy atom. The molecule has 0 unspecified atom stereocenters. The van der Waals surface area contributed by atoms with Gasteiger partial charge in [-0.25, -0.2) is 4.79 Å². The average molecular weight is 193 g/mol. The van der Waals surface area contributed by atoms with Gasteiger partial charge in [-0.15, -0.1) is 0 Å². The molecule has 1 aromatic heterocycles. The van der Waals surface area contributed by atoms with Crippen LogP contribution in [0.25, 0.3) is 10.9 Å². The lowest BCUT2D eigenvalue weighted by Crippen LogP contribution is -2.01. The number of hydrogen-bond acceptors (Lipinski definition) is 1. The van der Waals surface area contributed by atoms with E-state index in [4.69, 9.17) is 5.11 Å². The molecule has 0 amide bonds. The Hall–Kier alpha value is -1.84. The maximum Gasteiger partial charge on any atom is 0.337 e. The van der Waals surface area contributed by atoms with E-state index >= 15 is 0 Å². The molecule has 1 aromatic carbocycles. The molecule has 0 spiro atoms. The number of halogens is 1. The van der Waals surface area contributed by atoms with Crippen molar-refractivity contribution in [3.63, 3.8) is 0 Å². The molecule has 0 aliphatic rings. The van der Waals surface area contributed by atoms with Gasteiger partial charge in [-0.05, 0) is 6.07 Å². The highest BCUT2D eigenvalue weighted by Gasteiger charge is 2.13. The number of carboxylic acids is 1. The standard InChI is InChI=1S/C10H8FNO2/c1-12-8(11)5-6-3-2-4-7(9(6)12)10(13)14/h2-5H,1H3,(H,13,14). The first-order valence-corrected chi connectivity index (χ1v) is 4.08. The Kier molecular flexibility index (Phi) is 1.77. The summed E-state index contributed by atoms with van der Waals surface area (Å²) in [5.74, 6) is -1.48. The summed E-state index contributed by atoms with van der Waals surface area (Å²) in [5.41, 5.74) is 0.534. The molecule has 1 N–H and O–H groups in total. The number of fused-ring (bicyclic) bond motifs is 1. The van der Waals surface area contributed by atoms with E-state index in [-0.39, 0.29) is 5.56 Å². The topological polar surface area (TPSA) is 42.2 Å². The third kappa shape index (κ3) is 1.08. The largest absolute Gasteiger partial charge is 0.478 e. The van der Waals surface area contributed by atoms with Gasteiger partial charge in [0, 0.05) is 18.5 Å². The molecule has 3 nitrogen and oxygen atoms in total. The van der Waals surface area contributed by atoms with Crippen molar-refractivity contribution in [3.8, 4) is 0 Å². The van der Waals surface area contributed by atoms with E-state index in [1.54, 1.807) is 12.1 Å². The number of carboxylic acid groups (broad SMARTS) is 1. The van der Waals surface area contributed by atoms with Crippen molar-refractivity contribution < 1.29 is 14.3 Å². The van der Waals surface area contributed by atoms with Gasteiger partial charge >= 0.3 is 5.97 Å². The molecule has 1 heterocycles. The summed E-state index contributed by atoms with van der Waals surface area (Å²) in [6.45, 7) is 0. The number of nitrogens with zero attached hydrogens (tertiary/aromatic N) is 1. The van der Waals surface area contributed by atoms with E-state index in [1.165, 1.54) is 23.7 Å². The second-order valence-corrected chi connectivity index (χ2v) is 3.07. The zero-order valence-electron chi connectivity index (χ0n) is 7.49. The first-order chi connectivity index (χ1) is 6.61. The second kappa shape index (κ2) is 2.83. The molecular weight excluding hydrogens is 185 g/mol. The molecule has 0 saturated heterocycles. The van der Waals surface area contributed by atoms with E-state index in [9.17, 15) is 9.18 Å². The van der Waals surface area contributed by atoms with Crippen molar-refractivity contribution in [3.05, 3.63) is 35.8 Å². The quantitative estimate of drug-likeness (QED) is 0.752. The van der Waals surface area contributed by atoms with Crippen molar-refractivity contribution >= 4 is 16.9 Å². The van der Waals surface area contributed by atoms with Crippen LogP contribution in [0.4, 0.5) is 4.39 Å². The predicted octanol–water partition coefficient (Wildman–Crippen LogP) is 2.02. The van der Waals surface area contributed by atoms with Gasteiger partial charge in [0.2, 0.25) is 0 Å². The SMILES string of the molecule is Cn1c(F)cc2cccc(C(=O)O)c21. The van der Waals surface area contributed by atoms with Crippen LogP contribution in [0.5, 0.6) is 0 Å². The highest BCUT2D eigenvalue weighted by molar-refractivity contribution is 6.02. The molecule has 4 heteroatoms. The Bertz CT molecular complexity index is 516. The fourth-order valence-corrected chi connectivity index (χ4v) is 1.56. The van der Waals surface area contributed by atoms with E-state index in [0.29, 0.717) is 10.9 Å². The molecule has 0 fully saturated rings. The normalized spacial score (nSPS) is 10.7. The van der Waals surface area contributed by atoms with Gasteiger partial charge in [0.25, 0.3) is 0 Å². The summed E-state index contributed by atoms with van der Waals surface area (Å²) in [5, 5.41) is 9.48. The maximum atomic E-state index is 13.1. The van der Waals surface area contributed by atoms with Crippen molar-refractivity contribution in [2.24, 2.45) is 7.05 Å². The van der Waals surface area contributed by atoms with Crippen molar-refractivity contribution in [2.45, 2.75) is 0 Å². The Morgan fingerprint density at radius 1 is 1.50 bits per heavy atom. The Balaban J connectivity index is 2.91. The lowest BCUT2D eigenvalue weighted by molar-refractivity contribution is 0.0698. The molecule has 2 rings (SSSR count). The van der Waals surface area contributed by atoms with E-state index in [0.717, 1.165) is 0 Å². The number of para-hydroxylation sites is 1. The smallest absolute Gasteiger partial charge is 0.337 e. The van der Waals surface area contributed by atoms with Crippen LogP contribution in [-0.4, -0.2) is 15.6 Å². The third-order valence-electron chi connectivity index (χ3n) is 2.23. The summed E-state index contributed by atoms with van der Waals surface area (Å²) in [7, 11) is 1.50. The minimum Gasteiger partial charge on any atom is -0.478 e. The predicted molar refractivity (Wildman–Crippen MR) is 49.8 cm³/mol. The van der Waals surface area contributed by atoms with Gasteiger partial charge in [-0.2, -0.15) is 4.39 Å². The van der Waals surface area contributed by atoms with Gasteiger partial charge in [0.1, 0.15) is 0 Å². The van der Waals surface area contributed by atoms with Crippen LogP contribution in [0.2, 0.25) is 0 Å². The van der Waals surface area contributed by atoms with Gasteiger partial charge in [-0.1, -0.05) is 12.1 Å². The number of aryl methyl sites for hydroxylation is 1. The van der Waals surface area contributed by atoms with Crippen molar-refractivity contribution in [2.75, 3.05) is 0 Å². The number of benzene rings is 1. The molecule has 0 saturated carbocycles. The molecule has 2 aromatic rings. The summed E-state index contributed by atoms with van der Waals surface area (Å²) >= 11 is 0. The molecular formula is C10H8FNO2. The second-order valence-electron chi connectivity index (χ2n) is 3.07. The number of carbonyl (C=O) groups is 1. The van der Waals surface area contributed by atoms with Crippen LogP contribution in [0.1, 0.15) is 10.4 Å². The molecule has 0 bridgehead atoms. The highest BCUT2D eigenvalue weighted by atomic mass is 19.1. The summed E-state index contributed by atoms with van der Waals surface area (Å²) in [6, 6.07) is 6.07. The molecule has 72 valence electrons. The minimum atomic E-state index is -1.04. The third-order valence-corrected chi connectivity index (χ3v) is 2.23. The van der Waals surface area contributed by atoms with Gasteiger partial charge in [0.15, 0.2) is 5.95 Å². The van der Waals surface area contributed by atoms with Gasteiger partial charge < -0.3 is 9.67 Å². The lowest BCUT2D eigenvalue weighted by Gasteiger charge is -2.00. The number of aromatic nitrogens is 1. The monoisotopic (exact) mass is 193 g/mol. The fraction of sp³-hybridized carbons (Fsp3) is 0.100. The van der Waals surface area contributed by atoms with Crippen LogP contribution in [0.15, 0.2) is 24.3 Å². The van der Waals surface area contributed by atoms with E-state index in [1.807, 2.05) is 0 Å². The zero-order chi connectivity index (χ0) is 10.3. The number of aromatic carboxylic acids is 1. The highest BCUT2D eigenvalue weighted by Crippen LogP contribution is 2.21. The first-order valence-electron chi connectivity index (χ1n) is 4.08. The summed E-state index contributed by atoms with van der Waals surface area (Å²) in [4.78, 5) is 10.8. The Labute approximate surface area is 79.4 Å². The van der Waals surface area contributed by atoms with Crippen LogP contribution < -0.4 is 0 Å². The van der Waals surface area contributed by atoms with Crippen LogP contribution >= 0.6 is 0 Å². The molecule has 0 aliphatic carbocycles. The van der Waals surface area contributed by atoms with Crippen molar-refractivity contribution in [1.82, 2.24) is 4.57 Å². The molecule has 0 radical (unpaired) electrons. The van der Waals surface area contributed by atoms with Crippen LogP contribution in [-0.2, 0) is 7.05 Å². The van der Waals surface area contributed by atoms with Crippen LogP contribution in [0.3, 0.4) is 0 Å². The first kappa shape index (κ1) is 8.74. The Morgan fingerprint density at radius 2 is 2.21 bits per heavy atom.